The number of aromatic nitrogens is 1. The summed E-state index contributed by atoms with van der Waals surface area (Å²) in [4.78, 5) is 38.8. The van der Waals surface area contributed by atoms with Crippen LogP contribution in [0.5, 0.6) is 0 Å². The van der Waals surface area contributed by atoms with Gasteiger partial charge in [-0.05, 0) is 62.9 Å². The topological polar surface area (TPSA) is 79.6 Å². The van der Waals surface area contributed by atoms with Crippen molar-refractivity contribution in [3.05, 3.63) is 68.6 Å². The molecule has 1 saturated heterocycles. The Bertz CT molecular complexity index is 960. The minimum Gasteiger partial charge on any atom is -0.478 e. The number of hydrogen-bond acceptors (Lipinski definition) is 3. The van der Waals surface area contributed by atoms with Crippen LogP contribution in [0.15, 0.2) is 35.1 Å². The Morgan fingerprint density at radius 3 is 2.46 bits per heavy atom. The van der Waals surface area contributed by atoms with Gasteiger partial charge in [-0.2, -0.15) is 0 Å². The van der Waals surface area contributed by atoms with E-state index in [1.54, 1.807) is 21.6 Å². The molecule has 0 aliphatic carbocycles. The van der Waals surface area contributed by atoms with E-state index in [2.05, 4.69) is 0 Å². The maximum atomic E-state index is 13.2. The van der Waals surface area contributed by atoms with Crippen molar-refractivity contribution in [3.8, 4) is 0 Å². The number of amides is 1. The number of carboxylic acid groups (broad SMARTS) is 1. The SMILES string of the molecule is CCn1c(C)cc(C)c(C(=O)N2CCC[C@H](c3ccc(C(=O)O)cc3)C2)c1=O. The summed E-state index contributed by atoms with van der Waals surface area (Å²) in [6.07, 6.45) is 1.78. The summed E-state index contributed by atoms with van der Waals surface area (Å²) in [5.41, 5.74) is 2.88. The van der Waals surface area contributed by atoms with E-state index in [-0.39, 0.29) is 28.5 Å². The van der Waals surface area contributed by atoms with Crippen molar-refractivity contribution < 1.29 is 14.7 Å². The minimum atomic E-state index is -0.950. The van der Waals surface area contributed by atoms with Crippen molar-refractivity contribution in [1.29, 1.82) is 0 Å². The molecule has 0 saturated carbocycles. The van der Waals surface area contributed by atoms with Crippen molar-refractivity contribution in [2.45, 2.75) is 46.1 Å². The zero-order valence-electron chi connectivity index (χ0n) is 16.6. The molecule has 6 nitrogen and oxygen atoms in total. The van der Waals surface area contributed by atoms with Crippen LogP contribution < -0.4 is 5.56 Å². The molecule has 148 valence electrons. The van der Waals surface area contributed by atoms with Gasteiger partial charge in [-0.25, -0.2) is 4.79 Å². The fourth-order valence-corrected chi connectivity index (χ4v) is 4.07. The van der Waals surface area contributed by atoms with Gasteiger partial charge in [0.25, 0.3) is 11.5 Å². The number of hydrogen-bond donors (Lipinski definition) is 1. The number of aryl methyl sites for hydroxylation is 2. The molecule has 0 unspecified atom stereocenters. The Labute approximate surface area is 164 Å². The third-order valence-corrected chi connectivity index (χ3v) is 5.57. The second-order valence-corrected chi connectivity index (χ2v) is 7.41. The molecule has 1 aliphatic rings. The number of rotatable bonds is 4. The highest BCUT2D eigenvalue weighted by atomic mass is 16.4. The first kappa shape index (κ1) is 19.9. The molecule has 1 aromatic carbocycles. The molecule has 0 bridgehead atoms. The lowest BCUT2D eigenvalue weighted by Gasteiger charge is -2.33. The fourth-order valence-electron chi connectivity index (χ4n) is 4.07. The highest BCUT2D eigenvalue weighted by molar-refractivity contribution is 5.95. The lowest BCUT2D eigenvalue weighted by Crippen LogP contribution is -2.42. The Balaban J connectivity index is 1.86. The van der Waals surface area contributed by atoms with Crippen LogP contribution in [0.25, 0.3) is 0 Å². The second kappa shape index (κ2) is 8.00. The predicted octanol–water partition coefficient (Wildman–Crippen LogP) is 3.20. The summed E-state index contributed by atoms with van der Waals surface area (Å²) in [5, 5.41) is 9.06. The lowest BCUT2D eigenvalue weighted by atomic mass is 9.89. The quantitative estimate of drug-likeness (QED) is 0.881. The van der Waals surface area contributed by atoms with Gasteiger partial charge in [-0.1, -0.05) is 12.1 Å². The summed E-state index contributed by atoms with van der Waals surface area (Å²) >= 11 is 0. The fraction of sp³-hybridized carbons (Fsp3) is 0.409. The summed E-state index contributed by atoms with van der Waals surface area (Å²) in [5.74, 6) is -1.02. The summed E-state index contributed by atoms with van der Waals surface area (Å²) in [7, 11) is 0. The first-order valence-corrected chi connectivity index (χ1v) is 9.67. The third-order valence-electron chi connectivity index (χ3n) is 5.57. The second-order valence-electron chi connectivity index (χ2n) is 7.41. The average Bonchev–Trinajstić information content (AvgIpc) is 2.68. The number of pyridine rings is 1. The number of carboxylic acids is 1. The largest absolute Gasteiger partial charge is 0.478 e. The Morgan fingerprint density at radius 1 is 1.18 bits per heavy atom. The molecule has 0 radical (unpaired) electrons. The van der Waals surface area contributed by atoms with Gasteiger partial charge >= 0.3 is 5.97 Å². The molecule has 1 fully saturated rings. The Hall–Kier alpha value is -2.89. The molecule has 1 N–H and O–H groups in total. The number of piperidine rings is 1. The molecule has 1 aromatic heterocycles. The predicted molar refractivity (Wildman–Crippen MR) is 107 cm³/mol. The maximum absolute atomic E-state index is 13.2. The molecule has 2 heterocycles. The number of carbonyl (C=O) groups excluding carboxylic acids is 1. The molecular weight excluding hydrogens is 356 g/mol. The number of aromatic carboxylic acids is 1. The first-order valence-electron chi connectivity index (χ1n) is 9.67. The summed E-state index contributed by atoms with van der Waals surface area (Å²) in [6, 6.07) is 8.74. The molecule has 28 heavy (non-hydrogen) atoms. The first-order chi connectivity index (χ1) is 13.3. The molecule has 3 rings (SSSR count). The van der Waals surface area contributed by atoms with Gasteiger partial charge in [0, 0.05) is 31.2 Å². The highest BCUT2D eigenvalue weighted by Crippen LogP contribution is 2.28. The average molecular weight is 382 g/mol. The Kier molecular flexibility index (Phi) is 5.68. The van der Waals surface area contributed by atoms with Crippen LogP contribution >= 0.6 is 0 Å². The monoisotopic (exact) mass is 382 g/mol. The van der Waals surface area contributed by atoms with E-state index in [4.69, 9.17) is 5.11 Å². The van der Waals surface area contributed by atoms with E-state index in [9.17, 15) is 14.4 Å². The van der Waals surface area contributed by atoms with Gasteiger partial charge in [-0.3, -0.25) is 9.59 Å². The molecule has 1 aliphatic heterocycles. The summed E-state index contributed by atoms with van der Waals surface area (Å²) < 4.78 is 1.63. The van der Waals surface area contributed by atoms with E-state index in [0.29, 0.717) is 25.2 Å². The van der Waals surface area contributed by atoms with E-state index < -0.39 is 5.97 Å². The standard InChI is InChI=1S/C22H26N2O4/c1-4-24-15(3)12-14(2)19(21(24)26)20(25)23-11-5-6-18(13-23)16-7-9-17(10-8-16)22(27)28/h7-10,12,18H,4-6,11,13H2,1-3H3,(H,27,28)/t18-/m0/s1. The third kappa shape index (κ3) is 3.72. The van der Waals surface area contributed by atoms with Gasteiger partial charge in [0.15, 0.2) is 0 Å². The minimum absolute atomic E-state index is 0.139. The van der Waals surface area contributed by atoms with Crippen LogP contribution in [0.1, 0.15) is 63.2 Å². The van der Waals surface area contributed by atoms with Crippen LogP contribution in [0.3, 0.4) is 0 Å². The Morgan fingerprint density at radius 2 is 1.86 bits per heavy atom. The van der Waals surface area contributed by atoms with Crippen LogP contribution in [-0.2, 0) is 6.54 Å². The van der Waals surface area contributed by atoms with Crippen molar-refractivity contribution in [3.63, 3.8) is 0 Å². The smallest absolute Gasteiger partial charge is 0.335 e. The van der Waals surface area contributed by atoms with Gasteiger partial charge in [0.2, 0.25) is 0 Å². The number of carbonyl (C=O) groups is 2. The number of benzene rings is 1. The maximum Gasteiger partial charge on any atom is 0.335 e. The van der Waals surface area contributed by atoms with Crippen LogP contribution in [0, 0.1) is 13.8 Å². The van der Waals surface area contributed by atoms with E-state index in [1.165, 1.54) is 0 Å². The van der Waals surface area contributed by atoms with Crippen molar-refractivity contribution >= 4 is 11.9 Å². The van der Waals surface area contributed by atoms with E-state index in [1.807, 2.05) is 39.0 Å². The van der Waals surface area contributed by atoms with Gasteiger partial charge < -0.3 is 14.6 Å². The molecule has 1 atom stereocenters. The van der Waals surface area contributed by atoms with Crippen LogP contribution in [0.4, 0.5) is 0 Å². The molecule has 6 heteroatoms. The number of nitrogens with zero attached hydrogens (tertiary/aromatic N) is 2. The number of likely N-dealkylation sites (tertiary alicyclic amines) is 1. The van der Waals surface area contributed by atoms with E-state index >= 15 is 0 Å². The van der Waals surface area contributed by atoms with Crippen molar-refractivity contribution in [2.75, 3.05) is 13.1 Å². The zero-order chi connectivity index (χ0) is 20.4. The molecule has 0 spiro atoms. The van der Waals surface area contributed by atoms with Crippen LogP contribution in [0.2, 0.25) is 0 Å². The van der Waals surface area contributed by atoms with Crippen molar-refractivity contribution in [1.82, 2.24) is 9.47 Å². The van der Waals surface area contributed by atoms with Crippen LogP contribution in [-0.4, -0.2) is 39.5 Å². The molecular formula is C22H26N2O4. The normalized spacial score (nSPS) is 16.8. The summed E-state index contributed by atoms with van der Waals surface area (Å²) in [6.45, 7) is 7.28. The van der Waals surface area contributed by atoms with Gasteiger partial charge in [0.05, 0.1) is 5.56 Å². The highest BCUT2D eigenvalue weighted by Gasteiger charge is 2.28. The van der Waals surface area contributed by atoms with Gasteiger partial charge in [0.1, 0.15) is 5.56 Å². The zero-order valence-corrected chi connectivity index (χ0v) is 16.6. The lowest BCUT2D eigenvalue weighted by molar-refractivity contribution is 0.0693. The molecule has 2 aromatic rings. The molecule has 1 amide bonds. The van der Waals surface area contributed by atoms with Gasteiger partial charge in [-0.15, -0.1) is 0 Å². The van der Waals surface area contributed by atoms with Crippen molar-refractivity contribution in [2.24, 2.45) is 0 Å². The van der Waals surface area contributed by atoms with E-state index in [0.717, 1.165) is 24.1 Å².